The molecular weight excluding hydrogens is 128 g/mol. The second-order valence-electron chi connectivity index (χ2n) is 2.41. The fraction of sp³-hybridized carbons (Fsp3) is 0.750. The van der Waals surface area contributed by atoms with E-state index >= 15 is 0 Å². The lowest BCUT2D eigenvalue weighted by atomic mass is 10.1. The van der Waals surface area contributed by atoms with Crippen LogP contribution in [0.2, 0.25) is 0 Å². The largest absolute Gasteiger partial charge is 0.291 e. The molecule has 0 aliphatic heterocycles. The summed E-state index contributed by atoms with van der Waals surface area (Å²) < 4.78 is 0. The topological polar surface area (TPSA) is 34.1 Å². The van der Waals surface area contributed by atoms with Crippen LogP contribution in [0.1, 0.15) is 32.6 Å². The van der Waals surface area contributed by atoms with Crippen LogP contribution in [-0.2, 0) is 9.59 Å². The quantitative estimate of drug-likeness (QED) is 0.522. The van der Waals surface area contributed by atoms with Crippen LogP contribution in [0.5, 0.6) is 0 Å². The monoisotopic (exact) mass is 140 g/mol. The summed E-state index contributed by atoms with van der Waals surface area (Å²) in [6, 6.07) is 0. The molecule has 0 saturated carbocycles. The number of unbranched alkanes of at least 4 members (excludes halogenated alkanes) is 2. The van der Waals surface area contributed by atoms with E-state index in [0.29, 0.717) is 6.42 Å². The van der Waals surface area contributed by atoms with Gasteiger partial charge in [0.2, 0.25) is 6.29 Å². The molecule has 0 saturated heterocycles. The zero-order valence-corrected chi connectivity index (χ0v) is 6.22. The Labute approximate surface area is 61.6 Å². The molecule has 10 heavy (non-hydrogen) atoms. The smallest absolute Gasteiger partial charge is 0.201 e. The van der Waals surface area contributed by atoms with Gasteiger partial charge in [-0.25, -0.2) is 0 Å². The van der Waals surface area contributed by atoms with E-state index < -0.39 is 0 Å². The van der Waals surface area contributed by atoms with Crippen molar-refractivity contribution < 1.29 is 9.59 Å². The highest BCUT2D eigenvalue weighted by atomic mass is 16.1. The molecule has 0 heterocycles. The highest BCUT2D eigenvalue weighted by Gasteiger charge is 1.98. The Kier molecular flexibility index (Phi) is 6.03. The Morgan fingerprint density at radius 3 is 2.50 bits per heavy atom. The average molecular weight is 140 g/mol. The highest BCUT2D eigenvalue weighted by Crippen LogP contribution is 2.05. The van der Waals surface area contributed by atoms with Crippen molar-refractivity contribution >= 4 is 12.6 Å². The van der Waals surface area contributed by atoms with Crippen LogP contribution in [0.3, 0.4) is 0 Å². The van der Waals surface area contributed by atoms with Crippen molar-refractivity contribution in [3.63, 3.8) is 0 Å². The minimum Gasteiger partial charge on any atom is -0.291 e. The molecule has 0 spiro atoms. The summed E-state index contributed by atoms with van der Waals surface area (Å²) in [5.74, 6) is 0.0200. The molecule has 2 heteroatoms. The fourth-order valence-electron chi connectivity index (χ4n) is 0.707. The van der Waals surface area contributed by atoms with Crippen molar-refractivity contribution in [1.82, 2.24) is 0 Å². The molecule has 0 aromatic rings. The molecule has 0 rings (SSSR count). The Morgan fingerprint density at radius 1 is 1.30 bits per heavy atom. The van der Waals surface area contributed by atoms with Gasteiger partial charge in [0.25, 0.3) is 0 Å². The molecule has 2 nitrogen and oxygen atoms in total. The van der Waals surface area contributed by atoms with Crippen molar-refractivity contribution in [3.8, 4) is 0 Å². The summed E-state index contributed by atoms with van der Waals surface area (Å²) in [5, 5.41) is 0. The van der Waals surface area contributed by atoms with Crippen LogP contribution in [0.4, 0.5) is 0 Å². The first-order valence-corrected chi connectivity index (χ1v) is 3.54. The van der Waals surface area contributed by atoms with E-state index in [0.717, 1.165) is 19.3 Å². The highest BCUT2D eigenvalue weighted by molar-refractivity contribution is 5.53. The molecule has 1 atom stereocenters. The zero-order chi connectivity index (χ0) is 7.82. The number of hydrogen-bond donors (Lipinski definition) is 0. The lowest BCUT2D eigenvalue weighted by Gasteiger charge is -1.98. The first-order valence-electron chi connectivity index (χ1n) is 3.54. The van der Waals surface area contributed by atoms with Gasteiger partial charge in [0, 0.05) is 12.3 Å². The van der Waals surface area contributed by atoms with Gasteiger partial charge in [-0.1, -0.05) is 13.3 Å². The number of hydrogen-bond acceptors (Lipinski definition) is 2. The van der Waals surface area contributed by atoms with E-state index in [9.17, 15) is 9.59 Å². The van der Waals surface area contributed by atoms with Crippen LogP contribution >= 0.6 is 0 Å². The molecule has 0 amide bonds. The third-order valence-electron chi connectivity index (χ3n) is 1.37. The Hall–Kier alpha value is -0.660. The van der Waals surface area contributed by atoms with Crippen molar-refractivity contribution in [2.24, 2.45) is 5.92 Å². The van der Waals surface area contributed by atoms with E-state index in [1.54, 1.807) is 0 Å². The lowest BCUT2D eigenvalue weighted by Crippen LogP contribution is -1.94. The van der Waals surface area contributed by atoms with Crippen LogP contribution in [0.15, 0.2) is 0 Å². The minimum atomic E-state index is 0.0200. The normalized spacial score (nSPS) is 12.5. The summed E-state index contributed by atoms with van der Waals surface area (Å²) in [6.45, 7) is 1.83. The van der Waals surface area contributed by atoms with Gasteiger partial charge in [0.05, 0.1) is 0 Å². The molecule has 0 aromatic carbocycles. The average Bonchev–Trinajstić information content (AvgIpc) is 1.98. The van der Waals surface area contributed by atoms with E-state index in [4.69, 9.17) is 0 Å². The number of rotatable bonds is 6. The molecular formula is C8H12O2. The molecule has 2 radical (unpaired) electrons. The standard InChI is InChI=1S/C8H12O2/c1-8(7-10)5-3-2-4-6-9/h8H,2-5H2,1H3. The third-order valence-corrected chi connectivity index (χ3v) is 1.37. The summed E-state index contributed by atoms with van der Waals surface area (Å²) in [7, 11) is 0. The van der Waals surface area contributed by atoms with E-state index in [1.165, 1.54) is 0 Å². The van der Waals surface area contributed by atoms with Gasteiger partial charge in [-0.05, 0) is 12.8 Å². The summed E-state index contributed by atoms with van der Waals surface area (Å²) >= 11 is 0. The second-order valence-corrected chi connectivity index (χ2v) is 2.41. The predicted molar refractivity (Wildman–Crippen MR) is 39.0 cm³/mol. The molecule has 0 N–H and O–H groups in total. The van der Waals surface area contributed by atoms with Gasteiger partial charge in [-0.15, -0.1) is 0 Å². The predicted octanol–water partition coefficient (Wildman–Crippen LogP) is 1.40. The number of carbonyl (C=O) groups excluding carboxylic acids is 2. The third kappa shape index (κ3) is 5.48. The minimum absolute atomic E-state index is 0.0200. The zero-order valence-electron chi connectivity index (χ0n) is 6.22. The van der Waals surface area contributed by atoms with E-state index in [-0.39, 0.29) is 5.92 Å². The maximum atomic E-state index is 9.97. The lowest BCUT2D eigenvalue weighted by molar-refractivity contribution is 0.507. The van der Waals surface area contributed by atoms with Gasteiger partial charge in [-0.3, -0.25) is 9.59 Å². The van der Waals surface area contributed by atoms with E-state index in [2.05, 4.69) is 0 Å². The van der Waals surface area contributed by atoms with Crippen LogP contribution in [0.25, 0.3) is 0 Å². The Bertz CT molecular complexity index is 99.4. The first kappa shape index (κ1) is 9.34. The fourth-order valence-corrected chi connectivity index (χ4v) is 0.707. The SMILES string of the molecule is CC([C]=O)CCCC[C]=O. The Balaban J connectivity index is 3.02. The van der Waals surface area contributed by atoms with Gasteiger partial charge in [-0.2, -0.15) is 0 Å². The molecule has 0 aliphatic rings. The van der Waals surface area contributed by atoms with Crippen LogP contribution < -0.4 is 0 Å². The van der Waals surface area contributed by atoms with Gasteiger partial charge in [0.15, 0.2) is 6.29 Å². The van der Waals surface area contributed by atoms with Gasteiger partial charge >= 0.3 is 0 Å². The summed E-state index contributed by atoms with van der Waals surface area (Å²) in [4.78, 5) is 19.7. The van der Waals surface area contributed by atoms with Crippen molar-refractivity contribution in [1.29, 1.82) is 0 Å². The van der Waals surface area contributed by atoms with Gasteiger partial charge < -0.3 is 0 Å². The van der Waals surface area contributed by atoms with Crippen LogP contribution in [-0.4, -0.2) is 12.6 Å². The maximum absolute atomic E-state index is 9.97. The molecule has 0 aromatic heterocycles. The molecule has 56 valence electrons. The van der Waals surface area contributed by atoms with Gasteiger partial charge in [0.1, 0.15) is 0 Å². The van der Waals surface area contributed by atoms with Crippen molar-refractivity contribution in [2.75, 3.05) is 0 Å². The van der Waals surface area contributed by atoms with Crippen molar-refractivity contribution in [3.05, 3.63) is 0 Å². The summed E-state index contributed by atoms with van der Waals surface area (Å²) in [5.41, 5.74) is 0. The van der Waals surface area contributed by atoms with Crippen LogP contribution in [0, 0.1) is 5.92 Å². The summed E-state index contributed by atoms with van der Waals surface area (Å²) in [6.07, 6.45) is 6.80. The molecule has 1 unspecified atom stereocenters. The maximum Gasteiger partial charge on any atom is 0.201 e. The van der Waals surface area contributed by atoms with Crippen molar-refractivity contribution in [2.45, 2.75) is 32.6 Å². The Morgan fingerprint density at radius 2 is 2.00 bits per heavy atom. The van der Waals surface area contributed by atoms with E-state index in [1.807, 2.05) is 19.5 Å². The second kappa shape index (κ2) is 6.46. The first-order chi connectivity index (χ1) is 4.81. The molecule has 0 aliphatic carbocycles. The molecule has 0 bridgehead atoms. The molecule has 0 fully saturated rings.